The maximum Gasteiger partial charge on any atom is 0.333 e. The van der Waals surface area contributed by atoms with Gasteiger partial charge in [-0.15, -0.1) is 5.06 Å². The molecule has 24 nitrogen and oxygen atoms in total. The van der Waals surface area contributed by atoms with Crippen LogP contribution < -0.4 is 20.7 Å². The number of aryl methyl sites for hydroxylation is 1. The van der Waals surface area contributed by atoms with Crippen LogP contribution in [0, 0.1) is 6.92 Å². The number of Topliss-reactive ketones (excluding diaryl/α,β-unsaturated/α-hetero) is 1. The molecule has 0 spiro atoms. The quantitative estimate of drug-likeness (QED) is 0.0269. The third kappa shape index (κ3) is 25.3. The van der Waals surface area contributed by atoms with Crippen molar-refractivity contribution in [2.75, 3.05) is 104 Å². The smallest absolute Gasteiger partial charge is 0.333 e. The lowest BCUT2D eigenvalue weighted by Gasteiger charge is -2.46. The number of aliphatic hydroxyl groups is 3. The molecule has 0 bridgehead atoms. The first-order valence-corrected chi connectivity index (χ1v) is 29.8. The van der Waals surface area contributed by atoms with Gasteiger partial charge in [0.05, 0.1) is 84.3 Å². The highest BCUT2D eigenvalue weighted by atomic mass is 32.2. The fraction of sp³-hybridized carbons (Fsp3) is 0.567. The van der Waals surface area contributed by atoms with Crippen molar-refractivity contribution in [3.63, 3.8) is 0 Å². The van der Waals surface area contributed by atoms with Crippen LogP contribution in [0.4, 0.5) is 0 Å². The number of thioether (sulfide) groups is 1. The zero-order chi connectivity index (χ0) is 61.2. The summed E-state index contributed by atoms with van der Waals surface area (Å²) in [6, 6.07) is 20.4. The highest BCUT2D eigenvalue weighted by molar-refractivity contribution is 7.99. The molecule has 0 aliphatic carbocycles. The van der Waals surface area contributed by atoms with Crippen LogP contribution in [0.5, 0.6) is 5.75 Å². The molecule has 3 aromatic carbocycles. The number of imide groups is 1. The summed E-state index contributed by atoms with van der Waals surface area (Å²) in [4.78, 5) is 102. The third-order valence-corrected chi connectivity index (χ3v) is 14.4. The van der Waals surface area contributed by atoms with Gasteiger partial charge in [0.25, 0.3) is 23.6 Å². The number of carbonyl (C=O) groups excluding carboxylic acids is 8. The van der Waals surface area contributed by atoms with E-state index in [1.165, 1.54) is 18.7 Å². The molecule has 2 aliphatic rings. The van der Waals surface area contributed by atoms with Crippen LogP contribution in [-0.2, 0) is 66.8 Å². The predicted molar refractivity (Wildman–Crippen MR) is 309 cm³/mol. The second-order valence-electron chi connectivity index (χ2n) is 20.1. The number of aldehydes is 1. The summed E-state index contributed by atoms with van der Waals surface area (Å²) in [6.07, 6.45) is -3.60. The van der Waals surface area contributed by atoms with E-state index in [1.807, 2.05) is 37.3 Å². The van der Waals surface area contributed by atoms with Crippen LogP contribution >= 0.6 is 11.8 Å². The number of amides is 5. The van der Waals surface area contributed by atoms with E-state index >= 15 is 0 Å². The van der Waals surface area contributed by atoms with E-state index in [-0.39, 0.29) is 50.6 Å². The summed E-state index contributed by atoms with van der Waals surface area (Å²) >= 11 is 1.53. The van der Waals surface area contributed by atoms with Gasteiger partial charge >= 0.3 is 5.97 Å². The second kappa shape index (κ2) is 38.7. The Morgan fingerprint density at radius 2 is 1.28 bits per heavy atom. The number of ether oxygens (including phenoxy) is 8. The number of carbonyl (C=O) groups is 8. The van der Waals surface area contributed by atoms with Gasteiger partial charge in [-0.05, 0) is 79.3 Å². The van der Waals surface area contributed by atoms with Crippen molar-refractivity contribution < 1.29 is 96.4 Å². The standard InChI is InChI=1S/C60H82N4O20S/c1-42-15-16-47(38-51(42)81-35-34-80-33-32-79-31-30-78-29-28-77-27-26-76-24-8-13-48(67)12-6-7-14-54(72)84-64-52(70)21-22-53(64)71)59(75)61-23-37-85-36-9-25-82-60(41-65)39-49(68)55(63-43(2)66)57(83-60)56(73)50(69)40-62-58(74)46-19-17-45(18-20-46)44-10-4-3-5-11-44/h3-5,10-11,15-20,38,41,49-50,55-57,68-69,73H,6-9,12-14,21-37,39-40H2,1-2H3,(H,61,75)(H,62,74)(H,63,66)/t49-,50+,55+,56+,57+,60+/m0/s1. The van der Waals surface area contributed by atoms with Crippen molar-refractivity contribution in [2.45, 2.75) is 114 Å². The fourth-order valence-corrected chi connectivity index (χ4v) is 9.57. The largest absolute Gasteiger partial charge is 0.491 e. The molecule has 2 fully saturated rings. The van der Waals surface area contributed by atoms with Crippen LogP contribution in [0.15, 0.2) is 72.8 Å². The van der Waals surface area contributed by atoms with Gasteiger partial charge in [-0.25, -0.2) is 4.79 Å². The van der Waals surface area contributed by atoms with Gasteiger partial charge in [0, 0.05) is 82.0 Å². The molecule has 468 valence electrons. The number of benzene rings is 3. The summed E-state index contributed by atoms with van der Waals surface area (Å²) in [5.41, 5.74) is 3.48. The normalized spacial score (nSPS) is 18.4. The molecule has 5 rings (SSSR count). The molecule has 5 amide bonds. The average molecular weight is 1210 g/mol. The Bertz CT molecular complexity index is 2550. The Hall–Kier alpha value is -6.23. The van der Waals surface area contributed by atoms with Crippen molar-refractivity contribution in [1.29, 1.82) is 0 Å². The van der Waals surface area contributed by atoms with Gasteiger partial charge in [-0.3, -0.25) is 33.6 Å². The Morgan fingerprint density at radius 1 is 0.706 bits per heavy atom. The monoisotopic (exact) mass is 1210 g/mol. The van der Waals surface area contributed by atoms with E-state index in [1.54, 1.807) is 42.5 Å². The molecule has 0 aromatic heterocycles. The Balaban J connectivity index is 0.838. The first kappa shape index (κ1) is 69.5. The van der Waals surface area contributed by atoms with Gasteiger partial charge in [-0.1, -0.05) is 48.5 Å². The van der Waals surface area contributed by atoms with Crippen LogP contribution in [0.1, 0.15) is 97.4 Å². The summed E-state index contributed by atoms with van der Waals surface area (Å²) in [5.74, 6) is -3.29. The number of ketones is 1. The number of hydroxylamine groups is 2. The van der Waals surface area contributed by atoms with E-state index < -0.39 is 72.4 Å². The first-order chi connectivity index (χ1) is 41.1. The van der Waals surface area contributed by atoms with Crippen LogP contribution in [0.2, 0.25) is 0 Å². The zero-order valence-corrected chi connectivity index (χ0v) is 49.2. The van der Waals surface area contributed by atoms with Gasteiger partial charge in [0.1, 0.15) is 30.3 Å². The summed E-state index contributed by atoms with van der Waals surface area (Å²) < 4.78 is 45.5. The molecule has 2 saturated heterocycles. The Labute approximate surface area is 499 Å². The lowest BCUT2D eigenvalue weighted by atomic mass is 9.88. The van der Waals surface area contributed by atoms with Crippen molar-refractivity contribution in [3.05, 3.63) is 89.5 Å². The maximum absolute atomic E-state index is 13.0. The predicted octanol–water partition coefficient (Wildman–Crippen LogP) is 3.21. The topological polar surface area (TPSA) is 320 Å². The van der Waals surface area contributed by atoms with Gasteiger partial charge < -0.3 is 74.0 Å². The number of nitrogens with zero attached hydrogens (tertiary/aromatic N) is 1. The number of hydrogen-bond acceptors (Lipinski definition) is 21. The molecule has 0 radical (unpaired) electrons. The number of nitrogens with one attached hydrogen (secondary N) is 3. The van der Waals surface area contributed by atoms with E-state index in [4.69, 9.17) is 42.7 Å². The Morgan fingerprint density at radius 3 is 1.92 bits per heavy atom. The van der Waals surface area contributed by atoms with Crippen molar-refractivity contribution in [1.82, 2.24) is 21.0 Å². The van der Waals surface area contributed by atoms with E-state index in [0.29, 0.717) is 151 Å². The maximum atomic E-state index is 13.0. The lowest BCUT2D eigenvalue weighted by molar-refractivity contribution is -0.296. The molecular formula is C60H82N4O20S. The minimum atomic E-state index is -2.01. The van der Waals surface area contributed by atoms with Gasteiger partial charge in [-0.2, -0.15) is 11.8 Å². The van der Waals surface area contributed by atoms with E-state index in [0.717, 1.165) is 16.7 Å². The fourth-order valence-electron chi connectivity index (χ4n) is 8.80. The molecule has 2 aliphatic heterocycles. The second-order valence-corrected chi connectivity index (χ2v) is 21.3. The molecule has 85 heavy (non-hydrogen) atoms. The molecule has 3 aromatic rings. The number of unbranched alkanes of at least 4 members (excludes halogenated alkanes) is 1. The lowest BCUT2D eigenvalue weighted by Crippen LogP contribution is -2.66. The molecule has 0 saturated carbocycles. The van der Waals surface area contributed by atoms with Crippen molar-refractivity contribution in [2.24, 2.45) is 0 Å². The third-order valence-electron chi connectivity index (χ3n) is 13.4. The average Bonchev–Trinajstić information content (AvgIpc) is 2.56. The SMILES string of the molecule is CC(=O)N[C@H]1[C@H]([C@H](O)[C@H](O)CNC(=O)c2ccc(-c3ccccc3)cc2)O[C@](C=O)(OCCCSCCNC(=O)c2ccc(C)c(OCCOCCOCCOCCOCCOCCCC(=O)CCCCC(=O)ON3C(=O)CCC3=O)c2)C[C@@H]1O. The molecule has 6 N–H and O–H groups in total. The molecule has 0 unspecified atom stereocenters. The Kier molecular flexibility index (Phi) is 31.7. The molecular weight excluding hydrogens is 1130 g/mol. The highest BCUT2D eigenvalue weighted by Crippen LogP contribution is 2.32. The van der Waals surface area contributed by atoms with Crippen LogP contribution in [0.25, 0.3) is 11.1 Å². The van der Waals surface area contributed by atoms with Crippen molar-refractivity contribution >= 4 is 59.3 Å². The molecule has 2 heterocycles. The summed E-state index contributed by atoms with van der Waals surface area (Å²) in [6.45, 7) is 7.10. The minimum absolute atomic E-state index is 0.0174. The van der Waals surface area contributed by atoms with Crippen LogP contribution in [0.3, 0.4) is 0 Å². The van der Waals surface area contributed by atoms with E-state index in [2.05, 4.69) is 16.0 Å². The molecule has 25 heteroatoms. The highest BCUT2D eigenvalue weighted by Gasteiger charge is 2.51. The minimum Gasteiger partial charge on any atom is -0.491 e. The van der Waals surface area contributed by atoms with Gasteiger partial charge in [0.2, 0.25) is 11.7 Å². The number of aliphatic hydroxyl groups excluding tert-OH is 3. The van der Waals surface area contributed by atoms with Crippen LogP contribution in [-0.4, -0.2) is 208 Å². The first-order valence-electron chi connectivity index (χ1n) is 28.7. The molecule has 6 atom stereocenters. The summed E-state index contributed by atoms with van der Waals surface area (Å²) in [7, 11) is 0. The number of rotatable bonds is 43. The van der Waals surface area contributed by atoms with Crippen molar-refractivity contribution in [3.8, 4) is 16.9 Å². The summed E-state index contributed by atoms with van der Waals surface area (Å²) in [5, 5.41) is 41.9. The van der Waals surface area contributed by atoms with Gasteiger partial charge in [0.15, 0.2) is 6.29 Å². The number of hydrogen-bond donors (Lipinski definition) is 6. The van der Waals surface area contributed by atoms with E-state index in [9.17, 15) is 53.7 Å². The zero-order valence-electron chi connectivity index (χ0n) is 48.4.